The molecule has 0 spiro atoms. The Hall–Kier alpha value is -4.63. The number of halogens is 1. The summed E-state index contributed by atoms with van der Waals surface area (Å²) in [5.74, 6) is -0.0624. The second kappa shape index (κ2) is 11.2. The highest BCUT2D eigenvalue weighted by Gasteiger charge is 2.29. The van der Waals surface area contributed by atoms with E-state index in [2.05, 4.69) is 25.2 Å². The zero-order chi connectivity index (χ0) is 27.5. The molecule has 1 saturated heterocycles. The number of carbonyl (C=O) groups is 2. The summed E-state index contributed by atoms with van der Waals surface area (Å²) in [5, 5.41) is 6.85. The van der Waals surface area contributed by atoms with Crippen LogP contribution >= 0.6 is 11.6 Å². The van der Waals surface area contributed by atoms with Crippen LogP contribution in [0.3, 0.4) is 0 Å². The largest absolute Gasteiger partial charge is 0.338 e. The normalized spacial score (nSPS) is 13.9. The Balaban J connectivity index is 1.19. The number of hydrogen-bond acceptors (Lipinski definition) is 4. The van der Waals surface area contributed by atoms with Gasteiger partial charge < -0.3 is 20.1 Å². The molecule has 202 valence electrons. The van der Waals surface area contributed by atoms with Crippen LogP contribution < -0.4 is 10.6 Å². The molecule has 3 aromatic heterocycles. The standard InChI is InChI=1S/C30H28ClN7O2/c31-28-27(29(39)36-15-11-23(12-16-36)37-17-14-33-20-37)25-5-1-2-6-26(25)38(28)24-9-7-22(8-10-24)35-30(40)34-19-21-4-3-13-32-18-21/h1-10,13-14,17-18,20,23H,11-12,15-16,19H2,(H2,34,35,40). The van der Waals surface area contributed by atoms with Crippen LogP contribution in [0, 0.1) is 0 Å². The number of urea groups is 1. The van der Waals surface area contributed by atoms with Crippen molar-refractivity contribution in [3.8, 4) is 5.69 Å². The van der Waals surface area contributed by atoms with Gasteiger partial charge in [-0.1, -0.05) is 35.9 Å². The average molecular weight is 554 g/mol. The van der Waals surface area contributed by atoms with E-state index in [9.17, 15) is 9.59 Å². The molecule has 0 aliphatic carbocycles. The van der Waals surface area contributed by atoms with Gasteiger partial charge in [0, 0.05) is 67.2 Å². The lowest BCUT2D eigenvalue weighted by Crippen LogP contribution is -2.39. The summed E-state index contributed by atoms with van der Waals surface area (Å²) in [6.07, 6.45) is 10.7. The molecule has 1 fully saturated rings. The van der Waals surface area contributed by atoms with Crippen molar-refractivity contribution >= 4 is 40.1 Å². The molecule has 1 aliphatic heterocycles. The van der Waals surface area contributed by atoms with E-state index in [4.69, 9.17) is 11.6 Å². The Labute approximate surface area is 236 Å². The number of fused-ring (bicyclic) bond motifs is 1. The maximum atomic E-state index is 13.8. The molecule has 0 unspecified atom stereocenters. The van der Waals surface area contributed by atoms with Gasteiger partial charge in [0.25, 0.3) is 5.91 Å². The van der Waals surface area contributed by atoms with Crippen molar-refractivity contribution in [2.24, 2.45) is 0 Å². The van der Waals surface area contributed by atoms with Crippen LogP contribution in [-0.4, -0.2) is 49.0 Å². The van der Waals surface area contributed by atoms with Crippen LogP contribution in [0.2, 0.25) is 5.15 Å². The molecule has 0 radical (unpaired) electrons. The number of benzene rings is 2. The highest BCUT2D eigenvalue weighted by atomic mass is 35.5. The summed E-state index contributed by atoms with van der Waals surface area (Å²) in [4.78, 5) is 36.2. The lowest BCUT2D eigenvalue weighted by Gasteiger charge is -2.32. The third-order valence-electron chi connectivity index (χ3n) is 7.29. The van der Waals surface area contributed by atoms with Gasteiger partial charge in [0.1, 0.15) is 5.15 Å². The Bertz CT molecular complexity index is 1620. The summed E-state index contributed by atoms with van der Waals surface area (Å²) >= 11 is 6.95. The minimum atomic E-state index is -0.314. The third kappa shape index (κ3) is 5.15. The molecule has 3 amide bonds. The van der Waals surface area contributed by atoms with Crippen molar-refractivity contribution < 1.29 is 9.59 Å². The van der Waals surface area contributed by atoms with E-state index in [1.807, 2.05) is 82.7 Å². The Morgan fingerprint density at radius 2 is 1.75 bits per heavy atom. The highest BCUT2D eigenvalue weighted by Crippen LogP contribution is 2.35. The van der Waals surface area contributed by atoms with Crippen LogP contribution in [0.5, 0.6) is 0 Å². The number of nitrogens with zero attached hydrogens (tertiary/aromatic N) is 5. The van der Waals surface area contributed by atoms with Gasteiger partial charge in [-0.3, -0.25) is 14.3 Å². The van der Waals surface area contributed by atoms with Gasteiger partial charge in [-0.05, 0) is 54.8 Å². The lowest BCUT2D eigenvalue weighted by atomic mass is 10.0. The molecule has 4 heterocycles. The first kappa shape index (κ1) is 25.6. The first-order valence-electron chi connectivity index (χ1n) is 13.2. The van der Waals surface area contributed by atoms with Gasteiger partial charge in [0.15, 0.2) is 0 Å². The number of likely N-dealkylation sites (tertiary alicyclic amines) is 1. The van der Waals surface area contributed by atoms with Crippen molar-refractivity contribution in [3.05, 3.63) is 108 Å². The number of anilines is 1. The van der Waals surface area contributed by atoms with Crippen LogP contribution in [0.1, 0.15) is 34.8 Å². The fourth-order valence-corrected chi connectivity index (χ4v) is 5.60. The van der Waals surface area contributed by atoms with E-state index < -0.39 is 0 Å². The number of amides is 3. The van der Waals surface area contributed by atoms with Crippen LogP contribution in [0.15, 0.2) is 91.8 Å². The molecule has 2 N–H and O–H groups in total. The number of piperidine rings is 1. The Morgan fingerprint density at radius 3 is 2.48 bits per heavy atom. The number of hydrogen-bond donors (Lipinski definition) is 2. The van der Waals surface area contributed by atoms with Crippen molar-refractivity contribution in [1.82, 2.24) is 29.3 Å². The quantitative estimate of drug-likeness (QED) is 0.283. The summed E-state index contributed by atoms with van der Waals surface area (Å²) in [5.41, 5.74) is 3.70. The minimum absolute atomic E-state index is 0.0624. The lowest BCUT2D eigenvalue weighted by molar-refractivity contribution is 0.0696. The average Bonchev–Trinajstić information content (AvgIpc) is 3.63. The molecular weight excluding hydrogens is 526 g/mol. The maximum Gasteiger partial charge on any atom is 0.319 e. The zero-order valence-electron chi connectivity index (χ0n) is 21.7. The van der Waals surface area contributed by atoms with Crippen molar-refractivity contribution in [3.63, 3.8) is 0 Å². The molecule has 10 heteroatoms. The predicted octanol–water partition coefficient (Wildman–Crippen LogP) is 5.67. The monoisotopic (exact) mass is 553 g/mol. The van der Waals surface area contributed by atoms with E-state index >= 15 is 0 Å². The molecule has 6 rings (SSSR count). The fraction of sp³-hybridized carbons (Fsp3) is 0.200. The molecule has 40 heavy (non-hydrogen) atoms. The molecule has 0 bridgehead atoms. The minimum Gasteiger partial charge on any atom is -0.338 e. The predicted molar refractivity (Wildman–Crippen MR) is 155 cm³/mol. The molecule has 0 atom stereocenters. The number of carbonyl (C=O) groups excluding carboxylic acids is 2. The van der Waals surface area contributed by atoms with Crippen LogP contribution in [-0.2, 0) is 6.54 Å². The summed E-state index contributed by atoms with van der Waals surface area (Å²) in [6.45, 7) is 1.68. The van der Waals surface area contributed by atoms with E-state index in [1.54, 1.807) is 18.6 Å². The van der Waals surface area contributed by atoms with Gasteiger partial charge in [-0.25, -0.2) is 9.78 Å². The Morgan fingerprint density at radius 1 is 0.950 bits per heavy atom. The molecule has 1 aliphatic rings. The number of para-hydroxylation sites is 1. The van der Waals surface area contributed by atoms with Crippen molar-refractivity contribution in [2.75, 3.05) is 18.4 Å². The van der Waals surface area contributed by atoms with Crippen molar-refractivity contribution in [1.29, 1.82) is 0 Å². The van der Waals surface area contributed by atoms with Gasteiger partial charge in [0.05, 0.1) is 17.4 Å². The van der Waals surface area contributed by atoms with Gasteiger partial charge >= 0.3 is 6.03 Å². The highest BCUT2D eigenvalue weighted by molar-refractivity contribution is 6.36. The number of rotatable bonds is 6. The molecule has 2 aromatic carbocycles. The van der Waals surface area contributed by atoms with Gasteiger partial charge in [0.2, 0.25) is 0 Å². The molecular formula is C30H28ClN7O2. The smallest absolute Gasteiger partial charge is 0.319 e. The van der Waals surface area contributed by atoms with E-state index in [0.29, 0.717) is 42.1 Å². The summed E-state index contributed by atoms with van der Waals surface area (Å²) < 4.78 is 4.00. The second-order valence-electron chi connectivity index (χ2n) is 9.77. The van der Waals surface area contributed by atoms with Crippen LogP contribution in [0.25, 0.3) is 16.6 Å². The SMILES string of the molecule is O=C(NCc1cccnc1)Nc1ccc(-n2c(Cl)c(C(=O)N3CCC(n4ccnc4)CC3)c3ccccc32)cc1. The topological polar surface area (TPSA) is 97.1 Å². The molecule has 5 aromatic rings. The number of nitrogens with one attached hydrogen (secondary N) is 2. The number of imidazole rings is 1. The maximum absolute atomic E-state index is 13.8. The second-order valence-corrected chi connectivity index (χ2v) is 10.1. The molecule has 9 nitrogen and oxygen atoms in total. The van der Waals surface area contributed by atoms with E-state index in [0.717, 1.165) is 35.0 Å². The number of aromatic nitrogens is 4. The van der Waals surface area contributed by atoms with Crippen molar-refractivity contribution in [2.45, 2.75) is 25.4 Å². The fourth-order valence-electron chi connectivity index (χ4n) is 5.23. The number of pyridine rings is 1. The first-order chi connectivity index (χ1) is 19.6. The molecule has 0 saturated carbocycles. The summed E-state index contributed by atoms with van der Waals surface area (Å²) in [7, 11) is 0. The van der Waals surface area contributed by atoms with E-state index in [1.165, 1.54) is 0 Å². The van der Waals surface area contributed by atoms with E-state index in [-0.39, 0.29) is 11.9 Å². The first-order valence-corrected chi connectivity index (χ1v) is 13.6. The third-order valence-corrected chi connectivity index (χ3v) is 7.65. The Kier molecular flexibility index (Phi) is 7.20. The van der Waals surface area contributed by atoms with Gasteiger partial charge in [-0.2, -0.15) is 0 Å². The summed E-state index contributed by atoms with van der Waals surface area (Å²) in [6, 6.07) is 18.9. The van der Waals surface area contributed by atoms with Crippen LogP contribution in [0.4, 0.5) is 10.5 Å². The van der Waals surface area contributed by atoms with Gasteiger partial charge in [-0.15, -0.1) is 0 Å². The zero-order valence-corrected chi connectivity index (χ0v) is 22.5.